The second-order valence-electron chi connectivity index (χ2n) is 5.51. The lowest BCUT2D eigenvalue weighted by molar-refractivity contribution is -0.382. The van der Waals surface area contributed by atoms with Crippen LogP contribution in [0.5, 0.6) is 5.75 Å². The van der Waals surface area contributed by atoms with Crippen molar-refractivity contribution in [3.05, 3.63) is 29.8 Å². The highest BCUT2D eigenvalue weighted by Crippen LogP contribution is 2.55. The van der Waals surface area contributed by atoms with E-state index in [-0.39, 0.29) is 11.5 Å². The molecule has 0 spiro atoms. The van der Waals surface area contributed by atoms with Crippen LogP contribution >= 0.6 is 0 Å². The Balaban J connectivity index is 2.44. The summed E-state index contributed by atoms with van der Waals surface area (Å²) >= 11 is 0. The van der Waals surface area contributed by atoms with Crippen molar-refractivity contribution in [2.75, 3.05) is 0 Å². The van der Waals surface area contributed by atoms with Gasteiger partial charge in [-0.05, 0) is 30.4 Å². The fourth-order valence-corrected chi connectivity index (χ4v) is 2.91. The van der Waals surface area contributed by atoms with Crippen molar-refractivity contribution >= 4 is 10.1 Å². The van der Waals surface area contributed by atoms with Crippen LogP contribution in [0, 0.1) is 0 Å². The summed E-state index contributed by atoms with van der Waals surface area (Å²) in [5.74, 6) is -15.8. The van der Waals surface area contributed by atoms with Crippen molar-refractivity contribution < 1.29 is 52.1 Å². The number of hydrogen-bond acceptors (Lipinski definition) is 3. The molecule has 0 N–H and O–H groups in total. The highest BCUT2D eigenvalue weighted by atomic mass is 32.2. The van der Waals surface area contributed by atoms with Gasteiger partial charge in [-0.1, -0.05) is 18.2 Å². The normalized spacial score (nSPS) is 17.3. The monoisotopic (exact) mass is 416 g/mol. The number of para-hydroxylation sites is 1. The van der Waals surface area contributed by atoms with Gasteiger partial charge in [-0.3, -0.25) is 0 Å². The van der Waals surface area contributed by atoms with Gasteiger partial charge in [-0.2, -0.15) is 47.9 Å². The Morgan fingerprint density at radius 3 is 1.81 bits per heavy atom. The molecule has 1 aromatic rings. The third kappa shape index (κ3) is 3.09. The molecule has 1 aliphatic rings. The highest BCUT2D eigenvalue weighted by molar-refractivity contribution is 7.88. The quantitative estimate of drug-likeness (QED) is 0.499. The van der Waals surface area contributed by atoms with Crippen molar-refractivity contribution in [1.29, 1.82) is 0 Å². The Labute approximate surface area is 140 Å². The number of benzene rings is 1. The van der Waals surface area contributed by atoms with Crippen LogP contribution in [0.25, 0.3) is 0 Å². The van der Waals surface area contributed by atoms with E-state index in [2.05, 4.69) is 4.18 Å². The Morgan fingerprint density at radius 2 is 1.35 bits per heavy atom. The number of halogens is 9. The maximum atomic E-state index is 13.6. The first-order valence-corrected chi connectivity index (χ1v) is 8.20. The third-order valence-corrected chi connectivity index (χ3v) is 4.85. The molecule has 0 aromatic heterocycles. The SMILES string of the molecule is O=S(=O)(Oc1ccccc1C1CC1)C(F)(F)C(F)(F)C(F)(F)C(F)(F)F. The average Bonchev–Trinajstić information content (AvgIpc) is 3.30. The molecule has 0 aliphatic heterocycles. The summed E-state index contributed by atoms with van der Waals surface area (Å²) in [5.41, 5.74) is 0.0257. The first kappa shape index (κ1) is 20.6. The minimum absolute atomic E-state index is 0.0257. The van der Waals surface area contributed by atoms with Crippen molar-refractivity contribution in [3.8, 4) is 5.75 Å². The lowest BCUT2D eigenvalue weighted by Gasteiger charge is -2.32. The first-order chi connectivity index (χ1) is 11.6. The van der Waals surface area contributed by atoms with E-state index in [1.807, 2.05) is 0 Å². The van der Waals surface area contributed by atoms with Crippen LogP contribution in [0.3, 0.4) is 0 Å². The minimum Gasteiger partial charge on any atom is -0.378 e. The van der Waals surface area contributed by atoms with Gasteiger partial charge in [-0.15, -0.1) is 0 Å². The summed E-state index contributed by atoms with van der Waals surface area (Å²) in [4.78, 5) is 0. The average molecular weight is 416 g/mol. The Bertz CT molecular complexity index is 782. The van der Waals surface area contributed by atoms with Crippen molar-refractivity contribution in [3.63, 3.8) is 0 Å². The van der Waals surface area contributed by atoms with Crippen LogP contribution in [0.1, 0.15) is 24.3 Å². The zero-order valence-electron chi connectivity index (χ0n) is 12.3. The van der Waals surface area contributed by atoms with E-state index in [1.54, 1.807) is 0 Å². The molecule has 1 fully saturated rings. The van der Waals surface area contributed by atoms with E-state index in [1.165, 1.54) is 12.1 Å². The topological polar surface area (TPSA) is 43.4 Å². The van der Waals surface area contributed by atoms with Crippen molar-refractivity contribution in [2.45, 2.75) is 42.0 Å². The van der Waals surface area contributed by atoms with Gasteiger partial charge in [0.1, 0.15) is 5.75 Å². The van der Waals surface area contributed by atoms with Gasteiger partial charge in [0, 0.05) is 0 Å². The number of rotatable bonds is 6. The van der Waals surface area contributed by atoms with Crippen LogP contribution in [0.4, 0.5) is 39.5 Å². The molecular formula is C13H9F9O3S. The molecule has 3 nitrogen and oxygen atoms in total. The molecule has 1 aromatic carbocycles. The molecule has 0 unspecified atom stereocenters. The molecule has 0 radical (unpaired) electrons. The molecule has 0 atom stereocenters. The standard InChI is InChI=1S/C13H9F9O3S/c14-10(15,12(18,19)20)11(16,17)13(21,22)26(23,24)25-9-4-2-1-3-8(9)7-5-6-7/h1-4,7H,5-6H2. The van der Waals surface area contributed by atoms with Gasteiger partial charge in [0.05, 0.1) is 0 Å². The molecule has 2 rings (SSSR count). The fraction of sp³-hybridized carbons (Fsp3) is 0.538. The molecule has 148 valence electrons. The minimum atomic E-state index is -7.32. The summed E-state index contributed by atoms with van der Waals surface area (Å²) in [5, 5.41) is -6.87. The van der Waals surface area contributed by atoms with E-state index < -0.39 is 39.1 Å². The summed E-state index contributed by atoms with van der Waals surface area (Å²) in [6.07, 6.45) is -6.13. The predicted octanol–water partition coefficient (Wildman–Crippen LogP) is 4.70. The molecule has 0 heterocycles. The lowest BCUT2D eigenvalue weighted by atomic mass is 10.1. The number of hydrogen-bond donors (Lipinski definition) is 0. The molecule has 0 amide bonds. The van der Waals surface area contributed by atoms with E-state index in [4.69, 9.17) is 0 Å². The number of alkyl halides is 9. The van der Waals surface area contributed by atoms with Gasteiger partial charge in [0.2, 0.25) is 0 Å². The van der Waals surface area contributed by atoms with E-state index >= 15 is 0 Å². The van der Waals surface area contributed by atoms with Crippen molar-refractivity contribution in [1.82, 2.24) is 0 Å². The summed E-state index contributed by atoms with van der Waals surface area (Å²) in [7, 11) is -6.91. The van der Waals surface area contributed by atoms with Gasteiger partial charge in [0.15, 0.2) is 0 Å². The highest BCUT2D eigenvalue weighted by Gasteiger charge is 2.86. The summed E-state index contributed by atoms with van der Waals surface area (Å²) < 4.78 is 142. The van der Waals surface area contributed by atoms with Crippen LogP contribution in [-0.4, -0.2) is 31.7 Å². The Morgan fingerprint density at radius 1 is 0.846 bits per heavy atom. The maximum Gasteiger partial charge on any atom is 0.460 e. The smallest absolute Gasteiger partial charge is 0.378 e. The molecule has 0 saturated heterocycles. The molecule has 1 aliphatic carbocycles. The van der Waals surface area contributed by atoms with Crippen LogP contribution in [0.15, 0.2) is 24.3 Å². The second kappa shape index (κ2) is 5.92. The zero-order chi connectivity index (χ0) is 20.2. The second-order valence-corrected chi connectivity index (χ2v) is 7.10. The van der Waals surface area contributed by atoms with Crippen LogP contribution in [0.2, 0.25) is 0 Å². The Kier molecular flexibility index (Phi) is 4.71. The zero-order valence-corrected chi connectivity index (χ0v) is 13.2. The third-order valence-electron chi connectivity index (χ3n) is 3.57. The van der Waals surface area contributed by atoms with E-state index in [9.17, 15) is 47.9 Å². The first-order valence-electron chi connectivity index (χ1n) is 6.79. The molecule has 0 bridgehead atoms. The maximum absolute atomic E-state index is 13.6. The fourth-order valence-electron chi connectivity index (χ4n) is 1.98. The van der Waals surface area contributed by atoms with Crippen LogP contribution in [-0.2, 0) is 10.1 Å². The van der Waals surface area contributed by atoms with E-state index in [0.717, 1.165) is 12.1 Å². The molecule has 26 heavy (non-hydrogen) atoms. The van der Waals surface area contributed by atoms with Gasteiger partial charge in [0.25, 0.3) is 0 Å². The Hall–Kier alpha value is -1.66. The van der Waals surface area contributed by atoms with Gasteiger partial charge < -0.3 is 4.18 Å². The van der Waals surface area contributed by atoms with E-state index in [0.29, 0.717) is 12.8 Å². The van der Waals surface area contributed by atoms with Gasteiger partial charge in [-0.25, -0.2) is 0 Å². The van der Waals surface area contributed by atoms with Crippen LogP contribution < -0.4 is 4.18 Å². The summed E-state index contributed by atoms with van der Waals surface area (Å²) in [6.45, 7) is 0. The molecule has 1 saturated carbocycles. The lowest BCUT2D eigenvalue weighted by Crippen LogP contribution is -2.63. The molecular weight excluding hydrogens is 407 g/mol. The molecule has 13 heteroatoms. The van der Waals surface area contributed by atoms with Gasteiger partial charge >= 0.3 is 33.4 Å². The van der Waals surface area contributed by atoms with Crippen molar-refractivity contribution in [2.24, 2.45) is 0 Å². The largest absolute Gasteiger partial charge is 0.460 e. The predicted molar refractivity (Wildman–Crippen MR) is 68.9 cm³/mol. The summed E-state index contributed by atoms with van der Waals surface area (Å²) in [6, 6.07) is 4.44.